The van der Waals surface area contributed by atoms with E-state index >= 15 is 0 Å². The van der Waals surface area contributed by atoms with Crippen LogP contribution in [0.2, 0.25) is 0 Å². The Morgan fingerprint density at radius 3 is 2.20 bits per heavy atom. The summed E-state index contributed by atoms with van der Waals surface area (Å²) in [6.45, 7) is 2.40. The minimum Gasteiger partial charge on any atom is -0.457 e. The lowest BCUT2D eigenvalue weighted by atomic mass is 10.1. The van der Waals surface area contributed by atoms with E-state index in [1.54, 1.807) is 17.0 Å². The van der Waals surface area contributed by atoms with Gasteiger partial charge in [0.15, 0.2) is 0 Å². The van der Waals surface area contributed by atoms with E-state index in [4.69, 9.17) is 4.74 Å². The van der Waals surface area contributed by atoms with Gasteiger partial charge in [0.05, 0.1) is 5.92 Å². The summed E-state index contributed by atoms with van der Waals surface area (Å²) in [6, 6.07) is 22.5. The Hall–Kier alpha value is -3.12. The number of amides is 2. The van der Waals surface area contributed by atoms with E-state index in [1.807, 2.05) is 67.6 Å². The van der Waals surface area contributed by atoms with E-state index in [1.165, 1.54) is 5.56 Å². The van der Waals surface area contributed by atoms with Gasteiger partial charge in [0.25, 0.3) is 0 Å². The number of carbonyl (C=O) groups excluding carboxylic acids is 2. The molecule has 1 fully saturated rings. The van der Waals surface area contributed by atoms with E-state index in [-0.39, 0.29) is 24.2 Å². The average Bonchev–Trinajstić information content (AvgIpc) is 3.13. The average molecular weight is 465 g/mol. The van der Waals surface area contributed by atoms with Gasteiger partial charge in [-0.25, -0.2) is 0 Å². The Balaban J connectivity index is 1.36. The van der Waals surface area contributed by atoms with Crippen molar-refractivity contribution in [3.05, 3.63) is 82.8 Å². The highest BCUT2D eigenvalue weighted by Gasteiger charge is 2.35. The fraction of sp³-hybridized carbons (Fsp3) is 0.167. The molecule has 0 unspecified atom stereocenters. The number of nitrogens with zero attached hydrogens (tertiary/aromatic N) is 1. The summed E-state index contributed by atoms with van der Waals surface area (Å²) < 4.78 is 6.76. The number of benzene rings is 3. The zero-order valence-electron chi connectivity index (χ0n) is 16.5. The van der Waals surface area contributed by atoms with Crippen molar-refractivity contribution in [2.75, 3.05) is 16.8 Å². The van der Waals surface area contributed by atoms with Crippen LogP contribution >= 0.6 is 15.9 Å². The topological polar surface area (TPSA) is 58.6 Å². The minimum atomic E-state index is -0.385. The fourth-order valence-electron chi connectivity index (χ4n) is 3.35. The predicted octanol–water partition coefficient (Wildman–Crippen LogP) is 5.54. The van der Waals surface area contributed by atoms with Crippen LogP contribution in [0.25, 0.3) is 0 Å². The van der Waals surface area contributed by atoms with Crippen LogP contribution in [0.3, 0.4) is 0 Å². The van der Waals surface area contributed by atoms with Crippen LogP contribution in [0, 0.1) is 12.8 Å². The highest BCUT2D eigenvalue weighted by atomic mass is 79.9. The summed E-state index contributed by atoms with van der Waals surface area (Å²) in [5, 5.41) is 2.90. The Kier molecular flexibility index (Phi) is 5.86. The lowest BCUT2D eigenvalue weighted by molar-refractivity contribution is -0.122. The molecule has 0 saturated carbocycles. The van der Waals surface area contributed by atoms with Crippen LogP contribution in [0.1, 0.15) is 12.0 Å². The molecule has 5 nitrogen and oxygen atoms in total. The molecule has 6 heteroatoms. The number of carbonyl (C=O) groups is 2. The summed E-state index contributed by atoms with van der Waals surface area (Å²) >= 11 is 3.39. The second-order valence-electron chi connectivity index (χ2n) is 7.31. The predicted molar refractivity (Wildman–Crippen MR) is 121 cm³/mol. The van der Waals surface area contributed by atoms with Gasteiger partial charge >= 0.3 is 0 Å². The van der Waals surface area contributed by atoms with Crippen LogP contribution < -0.4 is 15.0 Å². The summed E-state index contributed by atoms with van der Waals surface area (Å²) in [7, 11) is 0. The Morgan fingerprint density at radius 1 is 0.967 bits per heavy atom. The summed E-state index contributed by atoms with van der Waals surface area (Å²) in [6.07, 6.45) is 0.205. The zero-order valence-corrected chi connectivity index (χ0v) is 18.1. The van der Waals surface area contributed by atoms with Gasteiger partial charge in [-0.2, -0.15) is 0 Å². The molecule has 0 spiro atoms. The van der Waals surface area contributed by atoms with Crippen LogP contribution in [0.5, 0.6) is 11.5 Å². The van der Waals surface area contributed by atoms with Gasteiger partial charge in [0.1, 0.15) is 11.5 Å². The Labute approximate surface area is 183 Å². The van der Waals surface area contributed by atoms with Crippen LogP contribution in [0.4, 0.5) is 11.4 Å². The number of hydrogen-bond donors (Lipinski definition) is 1. The van der Waals surface area contributed by atoms with E-state index in [9.17, 15) is 9.59 Å². The second kappa shape index (κ2) is 8.71. The standard InChI is InChI=1S/C24H21BrN2O3/c1-16-2-10-21(11-3-16)30-22-12-6-19(7-13-22)26-24(29)17-14-23(28)27(15-17)20-8-4-18(25)5-9-20/h2-13,17H,14-15H2,1H3,(H,26,29)/t17-/m0/s1. The lowest BCUT2D eigenvalue weighted by Crippen LogP contribution is -2.28. The number of nitrogens with one attached hydrogen (secondary N) is 1. The van der Waals surface area contributed by atoms with Crippen molar-refractivity contribution in [1.29, 1.82) is 0 Å². The largest absolute Gasteiger partial charge is 0.457 e. The van der Waals surface area contributed by atoms with Crippen molar-refractivity contribution in [1.82, 2.24) is 0 Å². The molecule has 0 bridgehead atoms. The van der Waals surface area contributed by atoms with Crippen LogP contribution in [-0.2, 0) is 9.59 Å². The monoisotopic (exact) mass is 464 g/mol. The Morgan fingerprint density at radius 2 is 1.57 bits per heavy atom. The molecule has 1 aliphatic rings. The normalized spacial score (nSPS) is 15.9. The number of rotatable bonds is 5. The maximum Gasteiger partial charge on any atom is 0.229 e. The third-order valence-corrected chi connectivity index (χ3v) is 5.54. The first-order chi connectivity index (χ1) is 14.5. The molecule has 0 aromatic heterocycles. The maximum absolute atomic E-state index is 12.7. The molecule has 1 atom stereocenters. The SMILES string of the molecule is Cc1ccc(Oc2ccc(NC(=O)[C@H]3CC(=O)N(c4ccc(Br)cc4)C3)cc2)cc1. The zero-order chi connectivity index (χ0) is 21.1. The summed E-state index contributed by atoms with van der Waals surface area (Å²) in [5.41, 5.74) is 2.64. The van der Waals surface area contributed by atoms with E-state index in [0.717, 1.165) is 15.9 Å². The van der Waals surface area contributed by atoms with Crippen molar-refractivity contribution < 1.29 is 14.3 Å². The van der Waals surface area contributed by atoms with E-state index < -0.39 is 0 Å². The summed E-state index contributed by atoms with van der Waals surface area (Å²) in [4.78, 5) is 26.7. The molecule has 4 rings (SSSR count). The maximum atomic E-state index is 12.7. The number of halogens is 1. The smallest absolute Gasteiger partial charge is 0.229 e. The first-order valence-corrected chi connectivity index (χ1v) is 10.5. The van der Waals surface area contributed by atoms with Crippen molar-refractivity contribution >= 4 is 39.1 Å². The molecule has 1 aliphatic heterocycles. The third-order valence-electron chi connectivity index (χ3n) is 5.01. The highest BCUT2D eigenvalue weighted by molar-refractivity contribution is 9.10. The van der Waals surface area contributed by atoms with Crippen LogP contribution in [0.15, 0.2) is 77.3 Å². The molecule has 3 aromatic carbocycles. The molecule has 3 aromatic rings. The van der Waals surface area contributed by atoms with Gasteiger partial charge in [-0.15, -0.1) is 0 Å². The van der Waals surface area contributed by atoms with Gasteiger partial charge < -0.3 is 15.0 Å². The van der Waals surface area contributed by atoms with Crippen molar-refractivity contribution in [2.45, 2.75) is 13.3 Å². The van der Waals surface area contributed by atoms with E-state index in [0.29, 0.717) is 18.0 Å². The number of hydrogen-bond acceptors (Lipinski definition) is 3. The van der Waals surface area contributed by atoms with Gasteiger partial charge in [-0.05, 0) is 67.6 Å². The quantitative estimate of drug-likeness (QED) is 0.538. The molecule has 1 heterocycles. The molecule has 0 aliphatic carbocycles. The Bertz CT molecular complexity index is 1050. The van der Waals surface area contributed by atoms with E-state index in [2.05, 4.69) is 21.2 Å². The molecule has 1 saturated heterocycles. The van der Waals surface area contributed by atoms with Crippen molar-refractivity contribution in [3.63, 3.8) is 0 Å². The van der Waals surface area contributed by atoms with Gasteiger partial charge in [0, 0.05) is 28.8 Å². The molecule has 30 heavy (non-hydrogen) atoms. The van der Waals surface area contributed by atoms with Crippen molar-refractivity contribution in [2.24, 2.45) is 5.92 Å². The highest BCUT2D eigenvalue weighted by Crippen LogP contribution is 2.28. The summed E-state index contributed by atoms with van der Waals surface area (Å²) in [5.74, 6) is 0.864. The van der Waals surface area contributed by atoms with Gasteiger partial charge in [0.2, 0.25) is 11.8 Å². The lowest BCUT2D eigenvalue weighted by Gasteiger charge is -2.17. The van der Waals surface area contributed by atoms with Gasteiger partial charge in [-0.1, -0.05) is 33.6 Å². The molecule has 1 N–H and O–H groups in total. The number of ether oxygens (including phenoxy) is 1. The second-order valence-corrected chi connectivity index (χ2v) is 8.23. The molecule has 152 valence electrons. The number of aryl methyl sites for hydroxylation is 1. The van der Waals surface area contributed by atoms with Crippen LogP contribution in [-0.4, -0.2) is 18.4 Å². The first-order valence-electron chi connectivity index (χ1n) is 9.69. The van der Waals surface area contributed by atoms with Gasteiger partial charge in [-0.3, -0.25) is 9.59 Å². The third kappa shape index (κ3) is 4.71. The minimum absolute atomic E-state index is 0.0423. The first kappa shape index (κ1) is 20.2. The molecule has 2 amide bonds. The molecular formula is C24H21BrN2O3. The molecule has 0 radical (unpaired) electrons. The van der Waals surface area contributed by atoms with Crippen molar-refractivity contribution in [3.8, 4) is 11.5 Å². The number of anilines is 2. The fourth-order valence-corrected chi connectivity index (χ4v) is 3.61. The molecular weight excluding hydrogens is 444 g/mol.